The van der Waals surface area contributed by atoms with E-state index in [9.17, 15) is 22.4 Å². The van der Waals surface area contributed by atoms with E-state index in [0.29, 0.717) is 39.7 Å². The number of anilines is 1. The minimum atomic E-state index is -3.01. The molecule has 190 valence electrons. The van der Waals surface area contributed by atoms with Crippen molar-refractivity contribution in [1.82, 2.24) is 19.6 Å². The summed E-state index contributed by atoms with van der Waals surface area (Å²) in [5.41, 5.74) is 1.03. The quantitative estimate of drug-likeness (QED) is 0.247. The van der Waals surface area contributed by atoms with E-state index in [1.165, 1.54) is 12.1 Å². The molecule has 13 heteroatoms. The molecule has 1 amide bonds. The minimum absolute atomic E-state index is 0.0903. The molecule has 0 atom stereocenters. The molecule has 3 heterocycles. The van der Waals surface area contributed by atoms with Crippen LogP contribution in [0.1, 0.15) is 57.5 Å². The molecule has 3 aromatic heterocycles. The van der Waals surface area contributed by atoms with E-state index in [2.05, 4.69) is 15.5 Å². The van der Waals surface area contributed by atoms with Crippen molar-refractivity contribution in [1.29, 1.82) is 0 Å². The van der Waals surface area contributed by atoms with Crippen LogP contribution in [0.4, 0.5) is 23.2 Å². The second-order valence-electron chi connectivity index (χ2n) is 7.91. The van der Waals surface area contributed by atoms with Crippen molar-refractivity contribution < 1.29 is 26.8 Å². The number of halogens is 6. The van der Waals surface area contributed by atoms with Gasteiger partial charge in [0, 0.05) is 10.0 Å². The highest BCUT2D eigenvalue weighted by Crippen LogP contribution is 2.27. The monoisotopic (exact) mass is 543 g/mol. The van der Waals surface area contributed by atoms with Crippen molar-refractivity contribution >= 4 is 34.8 Å². The number of hydrogen-bond donors (Lipinski definition) is 1. The Hall–Kier alpha value is -3.31. The van der Waals surface area contributed by atoms with Crippen LogP contribution in [0.3, 0.4) is 0 Å². The largest absolute Gasteiger partial charge is 0.454 e. The van der Waals surface area contributed by atoms with Crippen LogP contribution in [-0.4, -0.2) is 25.5 Å². The molecule has 0 aliphatic rings. The van der Waals surface area contributed by atoms with Crippen molar-refractivity contribution in [3.8, 4) is 0 Å². The topological polar surface area (TPSA) is 77.9 Å². The molecule has 0 aliphatic carbocycles. The molecule has 0 bridgehead atoms. The lowest BCUT2D eigenvalue weighted by molar-refractivity contribution is 0.0993. The smallest absolute Gasteiger partial charge is 0.291 e. The molecule has 0 radical (unpaired) electrons. The molecule has 7 nitrogen and oxygen atoms in total. The average Bonchev–Trinajstić information content (AvgIpc) is 3.51. The van der Waals surface area contributed by atoms with E-state index in [1.54, 1.807) is 36.7 Å². The van der Waals surface area contributed by atoms with Crippen molar-refractivity contribution in [3.63, 3.8) is 0 Å². The number of alkyl halides is 4. The van der Waals surface area contributed by atoms with Crippen LogP contribution in [0.25, 0.3) is 0 Å². The zero-order chi connectivity index (χ0) is 26.1. The zero-order valence-electron chi connectivity index (χ0n) is 18.9. The van der Waals surface area contributed by atoms with Gasteiger partial charge in [0.2, 0.25) is 0 Å². The SMILES string of the molecule is Cc1nn(Cc2ccc(Cl)cc2Cl)c(C)c1NC(=O)c1ccc(Cn2nc(C(F)F)cc2C(F)F)o1. The number of rotatable bonds is 8. The van der Waals surface area contributed by atoms with Crippen LogP contribution in [0.15, 0.2) is 40.8 Å². The summed E-state index contributed by atoms with van der Waals surface area (Å²) in [7, 11) is 0. The van der Waals surface area contributed by atoms with E-state index in [-0.39, 0.29) is 18.1 Å². The van der Waals surface area contributed by atoms with Gasteiger partial charge < -0.3 is 9.73 Å². The number of carbonyl (C=O) groups is 1. The number of amides is 1. The number of benzene rings is 1. The highest BCUT2D eigenvalue weighted by atomic mass is 35.5. The van der Waals surface area contributed by atoms with Gasteiger partial charge in [-0.1, -0.05) is 29.3 Å². The molecule has 36 heavy (non-hydrogen) atoms. The number of carbonyl (C=O) groups excluding carboxylic acids is 1. The van der Waals surface area contributed by atoms with Crippen LogP contribution >= 0.6 is 23.2 Å². The van der Waals surface area contributed by atoms with Gasteiger partial charge in [-0.05, 0) is 49.7 Å². The van der Waals surface area contributed by atoms with E-state index in [0.717, 1.165) is 10.2 Å². The first kappa shape index (κ1) is 25.8. The fraction of sp³-hybridized carbons (Fsp3) is 0.261. The summed E-state index contributed by atoms with van der Waals surface area (Å²) in [5, 5.41) is 11.7. The number of aromatic nitrogens is 4. The third-order valence-electron chi connectivity index (χ3n) is 5.42. The summed E-state index contributed by atoms with van der Waals surface area (Å²) in [4.78, 5) is 12.8. The van der Waals surface area contributed by atoms with Crippen LogP contribution in [0.2, 0.25) is 10.0 Å². The van der Waals surface area contributed by atoms with Gasteiger partial charge in [0.05, 0.1) is 30.2 Å². The van der Waals surface area contributed by atoms with Gasteiger partial charge >= 0.3 is 0 Å². The van der Waals surface area contributed by atoms with Gasteiger partial charge in [-0.3, -0.25) is 14.2 Å². The summed E-state index contributed by atoms with van der Waals surface area (Å²) in [5.74, 6) is -0.607. The maximum atomic E-state index is 13.2. The maximum Gasteiger partial charge on any atom is 0.291 e. The first-order chi connectivity index (χ1) is 17.0. The van der Waals surface area contributed by atoms with Crippen LogP contribution < -0.4 is 5.32 Å². The van der Waals surface area contributed by atoms with E-state index < -0.39 is 30.1 Å². The lowest BCUT2D eigenvalue weighted by Crippen LogP contribution is -2.13. The number of nitrogens with one attached hydrogen (secondary N) is 1. The Morgan fingerprint density at radius 2 is 1.75 bits per heavy atom. The van der Waals surface area contributed by atoms with Gasteiger partial charge in [0.25, 0.3) is 18.8 Å². The maximum absolute atomic E-state index is 13.2. The van der Waals surface area contributed by atoms with Gasteiger partial charge in [0.1, 0.15) is 17.1 Å². The molecule has 1 aromatic carbocycles. The average molecular weight is 544 g/mol. The normalized spacial score (nSPS) is 11.6. The Kier molecular flexibility index (Phi) is 7.41. The Labute approximate surface area is 212 Å². The number of furan rings is 1. The minimum Gasteiger partial charge on any atom is -0.454 e. The molecule has 4 aromatic rings. The lowest BCUT2D eigenvalue weighted by atomic mass is 10.2. The zero-order valence-corrected chi connectivity index (χ0v) is 20.4. The predicted molar refractivity (Wildman–Crippen MR) is 125 cm³/mol. The van der Waals surface area contributed by atoms with Crippen molar-refractivity contribution in [3.05, 3.63) is 86.3 Å². The molecule has 0 unspecified atom stereocenters. The van der Waals surface area contributed by atoms with Crippen molar-refractivity contribution in [2.75, 3.05) is 5.32 Å². The lowest BCUT2D eigenvalue weighted by Gasteiger charge is -2.08. The van der Waals surface area contributed by atoms with Crippen LogP contribution in [-0.2, 0) is 13.1 Å². The summed E-state index contributed by atoms with van der Waals surface area (Å²) in [6.45, 7) is 3.50. The van der Waals surface area contributed by atoms with Crippen molar-refractivity contribution in [2.45, 2.75) is 39.8 Å². The molecule has 0 fully saturated rings. The summed E-state index contributed by atoms with van der Waals surface area (Å²) >= 11 is 12.2. The van der Waals surface area contributed by atoms with E-state index >= 15 is 0 Å². The number of aryl methyl sites for hydroxylation is 1. The molecule has 0 saturated carbocycles. The predicted octanol–water partition coefficient (Wildman–Crippen LogP) is 6.82. The van der Waals surface area contributed by atoms with Crippen molar-refractivity contribution in [2.24, 2.45) is 0 Å². The van der Waals surface area contributed by atoms with Gasteiger partial charge in [-0.25, -0.2) is 17.6 Å². The Morgan fingerprint density at radius 3 is 2.42 bits per heavy atom. The summed E-state index contributed by atoms with van der Waals surface area (Å²) in [6, 6.07) is 8.52. The molecule has 1 N–H and O–H groups in total. The third-order valence-corrected chi connectivity index (χ3v) is 6.01. The highest BCUT2D eigenvalue weighted by Gasteiger charge is 2.23. The van der Waals surface area contributed by atoms with E-state index in [1.807, 2.05) is 0 Å². The first-order valence-corrected chi connectivity index (χ1v) is 11.3. The Bertz CT molecular complexity index is 1410. The molecule has 4 rings (SSSR count). The molecule has 0 spiro atoms. The molecular weight excluding hydrogens is 525 g/mol. The highest BCUT2D eigenvalue weighted by molar-refractivity contribution is 6.35. The standard InChI is InChI=1S/C23H19Cl2F4N5O2/c1-11-20(12(2)33(31-11)9-13-3-4-14(24)7-16(13)25)30-23(35)19-6-5-15(36-19)10-34-18(22(28)29)8-17(32-34)21(26)27/h3-8,21-22H,9-10H2,1-2H3,(H,30,35). The van der Waals surface area contributed by atoms with Gasteiger partial charge in [0.15, 0.2) is 5.76 Å². The first-order valence-electron chi connectivity index (χ1n) is 10.6. The van der Waals surface area contributed by atoms with Crippen LogP contribution in [0, 0.1) is 13.8 Å². The fourth-order valence-electron chi connectivity index (χ4n) is 3.61. The second-order valence-corrected chi connectivity index (χ2v) is 8.76. The van der Waals surface area contributed by atoms with E-state index in [4.69, 9.17) is 27.6 Å². The third kappa shape index (κ3) is 5.41. The molecular formula is C23H19Cl2F4N5O2. The summed E-state index contributed by atoms with van der Waals surface area (Å²) in [6.07, 6.45) is -6.00. The fourth-order valence-corrected chi connectivity index (χ4v) is 4.08. The Morgan fingerprint density at radius 1 is 1.00 bits per heavy atom. The van der Waals surface area contributed by atoms with Gasteiger partial charge in [-0.2, -0.15) is 10.2 Å². The molecule has 0 aliphatic heterocycles. The second kappa shape index (κ2) is 10.4. The molecule has 0 saturated heterocycles. The number of hydrogen-bond acceptors (Lipinski definition) is 4. The van der Waals surface area contributed by atoms with Gasteiger partial charge in [-0.15, -0.1) is 0 Å². The Balaban J connectivity index is 1.49. The van der Waals surface area contributed by atoms with Crippen LogP contribution in [0.5, 0.6) is 0 Å². The summed E-state index contributed by atoms with van der Waals surface area (Å²) < 4.78 is 60.1. The number of nitrogens with zero attached hydrogens (tertiary/aromatic N) is 4.